The maximum absolute atomic E-state index is 12.3. The first kappa shape index (κ1) is 16.9. The van der Waals surface area contributed by atoms with Gasteiger partial charge in [0.05, 0.1) is 6.54 Å². The van der Waals surface area contributed by atoms with E-state index in [0.29, 0.717) is 34.7 Å². The van der Waals surface area contributed by atoms with Gasteiger partial charge >= 0.3 is 0 Å². The number of hydrogen-bond acceptors (Lipinski definition) is 2. The molecule has 1 amide bonds. The molecule has 0 unspecified atom stereocenters. The first-order valence-electron chi connectivity index (χ1n) is 8.84. The van der Waals surface area contributed by atoms with E-state index < -0.39 is 0 Å². The van der Waals surface area contributed by atoms with Crippen molar-refractivity contribution in [2.75, 3.05) is 5.32 Å². The summed E-state index contributed by atoms with van der Waals surface area (Å²) in [6.45, 7) is 0.540. The van der Waals surface area contributed by atoms with E-state index in [2.05, 4.69) is 10.4 Å². The molecule has 3 atom stereocenters. The molecule has 4 nitrogen and oxygen atoms in total. The van der Waals surface area contributed by atoms with Crippen molar-refractivity contribution in [1.29, 1.82) is 0 Å². The van der Waals surface area contributed by atoms with Crippen molar-refractivity contribution in [3.63, 3.8) is 0 Å². The fourth-order valence-corrected chi connectivity index (χ4v) is 4.87. The highest BCUT2D eigenvalue weighted by atomic mass is 35.5. The number of anilines is 1. The Hall–Kier alpha value is -1.52. The second-order valence-corrected chi connectivity index (χ2v) is 8.17. The SMILES string of the molecule is O=C(C[C@@H]1C[C@H]2CC[C@@H]1C2)Nc1ccn(Cc2ccc(Cl)cc2Cl)n1. The number of rotatable bonds is 5. The molecule has 25 heavy (non-hydrogen) atoms. The van der Waals surface area contributed by atoms with Crippen LogP contribution in [0.3, 0.4) is 0 Å². The standard InChI is InChI=1S/C19H21Cl2N3O/c20-16-4-3-14(17(21)10-16)11-24-6-5-18(23-24)22-19(25)9-15-8-12-1-2-13(15)7-12/h3-6,10,12-13,15H,1-2,7-9,11H2,(H,22,23,25)/t12-,13+,15-/m0/s1. The maximum Gasteiger partial charge on any atom is 0.225 e. The molecule has 0 aliphatic heterocycles. The van der Waals surface area contributed by atoms with Gasteiger partial charge in [-0.25, -0.2) is 0 Å². The summed E-state index contributed by atoms with van der Waals surface area (Å²) < 4.78 is 1.77. The Morgan fingerprint density at radius 2 is 2.12 bits per heavy atom. The van der Waals surface area contributed by atoms with Crippen LogP contribution in [-0.4, -0.2) is 15.7 Å². The van der Waals surface area contributed by atoms with E-state index in [1.165, 1.54) is 25.7 Å². The highest BCUT2D eigenvalue weighted by Gasteiger charge is 2.40. The third kappa shape index (κ3) is 3.85. The summed E-state index contributed by atoms with van der Waals surface area (Å²) in [5, 5.41) is 8.59. The van der Waals surface area contributed by atoms with Crippen molar-refractivity contribution in [1.82, 2.24) is 9.78 Å². The van der Waals surface area contributed by atoms with Crippen LogP contribution in [0, 0.1) is 17.8 Å². The number of hydrogen-bond donors (Lipinski definition) is 1. The molecule has 132 valence electrons. The monoisotopic (exact) mass is 377 g/mol. The number of benzene rings is 1. The second kappa shape index (κ2) is 7.00. The molecule has 0 spiro atoms. The highest BCUT2D eigenvalue weighted by Crippen LogP contribution is 2.49. The van der Waals surface area contributed by atoms with E-state index in [-0.39, 0.29) is 5.91 Å². The average molecular weight is 378 g/mol. The Labute approximate surface area is 157 Å². The van der Waals surface area contributed by atoms with E-state index in [9.17, 15) is 4.79 Å². The van der Waals surface area contributed by atoms with E-state index in [1.807, 2.05) is 24.4 Å². The molecule has 2 bridgehead atoms. The Bertz CT molecular complexity index is 789. The zero-order valence-electron chi connectivity index (χ0n) is 13.9. The normalized spacial score (nSPS) is 24.6. The van der Waals surface area contributed by atoms with Gasteiger partial charge in [-0.15, -0.1) is 0 Å². The third-order valence-corrected chi connectivity index (χ3v) is 6.17. The summed E-state index contributed by atoms with van der Waals surface area (Å²) >= 11 is 12.1. The average Bonchev–Trinajstić information content (AvgIpc) is 3.27. The quantitative estimate of drug-likeness (QED) is 0.796. The Morgan fingerprint density at radius 1 is 1.24 bits per heavy atom. The van der Waals surface area contributed by atoms with Gasteiger partial charge in [0.15, 0.2) is 5.82 Å². The number of fused-ring (bicyclic) bond motifs is 2. The van der Waals surface area contributed by atoms with Crippen LogP contribution >= 0.6 is 23.2 Å². The number of carbonyl (C=O) groups is 1. The van der Waals surface area contributed by atoms with Crippen LogP contribution in [0.5, 0.6) is 0 Å². The van der Waals surface area contributed by atoms with Crippen molar-refractivity contribution >= 4 is 34.9 Å². The largest absolute Gasteiger partial charge is 0.309 e. The number of halogens is 2. The van der Waals surface area contributed by atoms with Gasteiger partial charge in [0.2, 0.25) is 5.91 Å². The van der Waals surface area contributed by atoms with Gasteiger partial charge in [-0.2, -0.15) is 5.10 Å². The van der Waals surface area contributed by atoms with Crippen LogP contribution < -0.4 is 5.32 Å². The zero-order valence-corrected chi connectivity index (χ0v) is 15.4. The first-order valence-corrected chi connectivity index (χ1v) is 9.59. The van der Waals surface area contributed by atoms with Crippen LogP contribution in [0.4, 0.5) is 5.82 Å². The van der Waals surface area contributed by atoms with Crippen LogP contribution in [-0.2, 0) is 11.3 Å². The molecule has 2 aromatic rings. The summed E-state index contributed by atoms with van der Waals surface area (Å²) in [6.07, 6.45) is 7.69. The smallest absolute Gasteiger partial charge is 0.225 e. The maximum atomic E-state index is 12.3. The molecule has 1 N–H and O–H groups in total. The van der Waals surface area contributed by atoms with E-state index >= 15 is 0 Å². The minimum Gasteiger partial charge on any atom is -0.309 e. The van der Waals surface area contributed by atoms with Crippen molar-refractivity contribution in [2.45, 2.75) is 38.6 Å². The lowest BCUT2D eigenvalue weighted by Gasteiger charge is -2.20. The minimum atomic E-state index is 0.0762. The molecule has 2 fully saturated rings. The molecular formula is C19H21Cl2N3O. The molecule has 2 saturated carbocycles. The van der Waals surface area contributed by atoms with E-state index in [4.69, 9.17) is 23.2 Å². The van der Waals surface area contributed by atoms with Gasteiger partial charge in [0.1, 0.15) is 0 Å². The van der Waals surface area contributed by atoms with E-state index in [1.54, 1.807) is 10.7 Å². The number of carbonyl (C=O) groups excluding carboxylic acids is 1. The summed E-state index contributed by atoms with van der Waals surface area (Å²) in [5.74, 6) is 2.87. The predicted molar refractivity (Wildman–Crippen MR) is 100.0 cm³/mol. The molecule has 2 aliphatic carbocycles. The lowest BCUT2D eigenvalue weighted by atomic mass is 9.86. The van der Waals surface area contributed by atoms with E-state index in [0.717, 1.165) is 17.4 Å². The summed E-state index contributed by atoms with van der Waals surface area (Å²) in [7, 11) is 0. The van der Waals surface area contributed by atoms with Crippen LogP contribution in [0.25, 0.3) is 0 Å². The summed E-state index contributed by atoms with van der Waals surface area (Å²) in [4.78, 5) is 12.3. The van der Waals surface area contributed by atoms with Crippen molar-refractivity contribution in [3.8, 4) is 0 Å². The van der Waals surface area contributed by atoms with Crippen LogP contribution in [0.1, 0.15) is 37.7 Å². The molecule has 2 aliphatic rings. The lowest BCUT2D eigenvalue weighted by molar-refractivity contribution is -0.117. The summed E-state index contributed by atoms with van der Waals surface area (Å²) in [6, 6.07) is 7.24. The fraction of sp³-hybridized carbons (Fsp3) is 0.474. The van der Waals surface area contributed by atoms with Gasteiger partial charge in [-0.1, -0.05) is 35.7 Å². The van der Waals surface area contributed by atoms with Crippen LogP contribution in [0.15, 0.2) is 30.5 Å². The Morgan fingerprint density at radius 3 is 2.84 bits per heavy atom. The number of nitrogens with one attached hydrogen (secondary N) is 1. The second-order valence-electron chi connectivity index (χ2n) is 7.32. The van der Waals surface area contributed by atoms with Crippen LogP contribution in [0.2, 0.25) is 10.0 Å². The van der Waals surface area contributed by atoms with Gasteiger partial charge in [0, 0.05) is 28.7 Å². The van der Waals surface area contributed by atoms with Crippen molar-refractivity contribution < 1.29 is 4.79 Å². The molecule has 4 rings (SSSR count). The number of aromatic nitrogens is 2. The zero-order chi connectivity index (χ0) is 17.4. The molecule has 1 aromatic heterocycles. The van der Waals surface area contributed by atoms with Gasteiger partial charge in [-0.3, -0.25) is 9.48 Å². The Balaban J connectivity index is 1.34. The lowest BCUT2D eigenvalue weighted by Crippen LogP contribution is -2.20. The summed E-state index contributed by atoms with van der Waals surface area (Å²) in [5.41, 5.74) is 0.939. The predicted octanol–water partition coefficient (Wildman–Crippen LogP) is 5.00. The third-order valence-electron chi connectivity index (χ3n) is 5.59. The molecule has 0 saturated heterocycles. The Kier molecular flexibility index (Phi) is 4.74. The van der Waals surface area contributed by atoms with Gasteiger partial charge in [0.25, 0.3) is 0 Å². The van der Waals surface area contributed by atoms with Gasteiger partial charge in [-0.05, 0) is 54.7 Å². The molecule has 6 heteroatoms. The van der Waals surface area contributed by atoms with Crippen molar-refractivity contribution in [3.05, 3.63) is 46.1 Å². The highest BCUT2D eigenvalue weighted by molar-refractivity contribution is 6.35. The molecule has 1 aromatic carbocycles. The number of nitrogens with zero attached hydrogens (tertiary/aromatic N) is 2. The number of amides is 1. The molecule has 1 heterocycles. The fourth-order valence-electron chi connectivity index (χ4n) is 4.40. The molecule has 0 radical (unpaired) electrons. The first-order chi connectivity index (χ1) is 12.1. The topological polar surface area (TPSA) is 46.9 Å². The minimum absolute atomic E-state index is 0.0762. The van der Waals surface area contributed by atoms with Gasteiger partial charge < -0.3 is 5.32 Å². The van der Waals surface area contributed by atoms with Crippen molar-refractivity contribution in [2.24, 2.45) is 17.8 Å². The molecular weight excluding hydrogens is 357 g/mol.